The predicted molar refractivity (Wildman–Crippen MR) is 105 cm³/mol. The fourth-order valence-electron chi connectivity index (χ4n) is 4.40. The van der Waals surface area contributed by atoms with Gasteiger partial charge in [0.25, 0.3) is 5.91 Å². The van der Waals surface area contributed by atoms with Gasteiger partial charge in [0.2, 0.25) is 0 Å². The summed E-state index contributed by atoms with van der Waals surface area (Å²) in [5, 5.41) is 0. The Hall–Kier alpha value is -2.31. The second-order valence-corrected chi connectivity index (χ2v) is 7.80. The molecule has 28 heavy (non-hydrogen) atoms. The molecule has 2 bridgehead atoms. The molecule has 2 atom stereocenters. The maximum absolute atomic E-state index is 13.1. The summed E-state index contributed by atoms with van der Waals surface area (Å²) in [7, 11) is 3.31. The van der Waals surface area contributed by atoms with Crippen LogP contribution in [-0.4, -0.2) is 55.6 Å². The highest BCUT2D eigenvalue weighted by atomic mass is 16.5. The average Bonchev–Trinajstić information content (AvgIpc) is 3.00. The molecule has 3 fully saturated rings. The predicted octanol–water partition coefficient (Wildman–Crippen LogP) is 3.17. The molecule has 0 N–H and O–H groups in total. The van der Waals surface area contributed by atoms with Gasteiger partial charge in [0.1, 0.15) is 18.1 Å². The molecule has 6 nitrogen and oxygen atoms in total. The van der Waals surface area contributed by atoms with Crippen LogP contribution in [0.3, 0.4) is 0 Å². The minimum atomic E-state index is 0.00310. The molecule has 1 aromatic carbocycles. The number of methoxy groups -OCH3 is 2. The van der Waals surface area contributed by atoms with Crippen molar-refractivity contribution in [3.05, 3.63) is 53.5 Å². The maximum Gasteiger partial charge on any atom is 0.289 e. The molecule has 0 spiro atoms. The Balaban J connectivity index is 1.44. The van der Waals surface area contributed by atoms with Gasteiger partial charge in [-0.15, -0.1) is 0 Å². The van der Waals surface area contributed by atoms with Gasteiger partial charge in [0.15, 0.2) is 5.76 Å². The van der Waals surface area contributed by atoms with Gasteiger partial charge < -0.3 is 18.8 Å². The lowest BCUT2D eigenvalue weighted by molar-refractivity contribution is 0.0546. The van der Waals surface area contributed by atoms with E-state index in [0.717, 1.165) is 38.3 Å². The second kappa shape index (κ2) is 8.37. The van der Waals surface area contributed by atoms with Crippen LogP contribution in [0.1, 0.15) is 34.7 Å². The molecule has 0 aliphatic carbocycles. The van der Waals surface area contributed by atoms with Crippen molar-refractivity contribution in [1.82, 2.24) is 9.80 Å². The van der Waals surface area contributed by atoms with Crippen molar-refractivity contribution < 1.29 is 18.7 Å². The number of piperidine rings is 1. The molecule has 4 heterocycles. The molecule has 3 saturated heterocycles. The zero-order valence-electron chi connectivity index (χ0n) is 16.6. The van der Waals surface area contributed by atoms with E-state index >= 15 is 0 Å². The van der Waals surface area contributed by atoms with Crippen LogP contribution < -0.4 is 4.74 Å². The SMILES string of the molecule is COCc1ccc(C(=O)N2C[C@@H]3CC[C@H]2CN(Cc2ccc(OC)cc2)C3)o1. The summed E-state index contributed by atoms with van der Waals surface area (Å²) in [5.41, 5.74) is 1.27. The Morgan fingerprint density at radius 2 is 1.89 bits per heavy atom. The minimum absolute atomic E-state index is 0.00310. The van der Waals surface area contributed by atoms with Crippen molar-refractivity contribution >= 4 is 5.91 Å². The molecule has 1 aromatic heterocycles. The highest BCUT2D eigenvalue weighted by Gasteiger charge is 2.38. The average molecular weight is 384 g/mol. The van der Waals surface area contributed by atoms with E-state index < -0.39 is 0 Å². The van der Waals surface area contributed by atoms with E-state index in [0.29, 0.717) is 24.0 Å². The third-order valence-electron chi connectivity index (χ3n) is 5.77. The van der Waals surface area contributed by atoms with Crippen LogP contribution in [-0.2, 0) is 17.9 Å². The van der Waals surface area contributed by atoms with Crippen LogP contribution in [0.2, 0.25) is 0 Å². The normalized spacial score (nSPS) is 22.3. The van der Waals surface area contributed by atoms with Gasteiger partial charge in [-0.2, -0.15) is 0 Å². The van der Waals surface area contributed by atoms with E-state index in [-0.39, 0.29) is 11.9 Å². The first-order valence-electron chi connectivity index (χ1n) is 9.90. The molecule has 3 aliphatic heterocycles. The van der Waals surface area contributed by atoms with Crippen LogP contribution in [0.25, 0.3) is 0 Å². The first-order chi connectivity index (χ1) is 13.7. The number of amides is 1. The van der Waals surface area contributed by atoms with Crippen LogP contribution in [0, 0.1) is 5.92 Å². The molecule has 0 saturated carbocycles. The number of rotatable bonds is 6. The zero-order valence-corrected chi connectivity index (χ0v) is 16.6. The molecule has 150 valence electrons. The van der Waals surface area contributed by atoms with Gasteiger partial charge >= 0.3 is 0 Å². The van der Waals surface area contributed by atoms with Crippen molar-refractivity contribution in [2.75, 3.05) is 33.9 Å². The van der Waals surface area contributed by atoms with Crippen LogP contribution in [0.15, 0.2) is 40.8 Å². The fraction of sp³-hybridized carbons (Fsp3) is 0.500. The molecule has 5 rings (SSSR count). The summed E-state index contributed by atoms with van der Waals surface area (Å²) < 4.78 is 16.0. The quantitative estimate of drug-likeness (QED) is 0.766. The zero-order chi connectivity index (χ0) is 19.5. The molecular weight excluding hydrogens is 356 g/mol. The number of fused-ring (bicyclic) bond motifs is 4. The lowest BCUT2D eigenvalue weighted by Crippen LogP contribution is -2.47. The standard InChI is InChI=1S/C22H28N2O4/c1-26-15-20-9-10-21(28-20)22(25)24-13-17-3-6-18(24)14-23(12-17)11-16-4-7-19(27-2)8-5-16/h4-5,7-10,17-18H,3,6,11-15H2,1-2H3/t17-,18+/m1/s1. The first kappa shape index (κ1) is 19.0. The number of carbonyl (C=O) groups excluding carboxylic acids is 1. The van der Waals surface area contributed by atoms with E-state index in [9.17, 15) is 4.79 Å². The number of furan rings is 1. The van der Waals surface area contributed by atoms with Crippen molar-refractivity contribution in [1.29, 1.82) is 0 Å². The number of benzene rings is 1. The summed E-state index contributed by atoms with van der Waals surface area (Å²) >= 11 is 0. The Labute approximate surface area is 166 Å². The molecule has 0 unspecified atom stereocenters. The largest absolute Gasteiger partial charge is 0.497 e. The second-order valence-electron chi connectivity index (χ2n) is 7.80. The third-order valence-corrected chi connectivity index (χ3v) is 5.77. The van der Waals surface area contributed by atoms with E-state index in [2.05, 4.69) is 17.0 Å². The Morgan fingerprint density at radius 1 is 1.07 bits per heavy atom. The summed E-state index contributed by atoms with van der Waals surface area (Å²) in [6, 6.07) is 12.1. The third kappa shape index (κ3) is 4.08. The number of hydrogen-bond acceptors (Lipinski definition) is 5. The number of hydrogen-bond donors (Lipinski definition) is 0. The summed E-state index contributed by atoms with van der Waals surface area (Å²) in [5.74, 6) is 2.49. The lowest BCUT2D eigenvalue weighted by Gasteiger charge is -2.35. The van der Waals surface area contributed by atoms with Gasteiger partial charge in [-0.05, 0) is 48.6 Å². The number of carbonyl (C=O) groups is 1. The minimum Gasteiger partial charge on any atom is -0.497 e. The van der Waals surface area contributed by atoms with Crippen molar-refractivity contribution in [3.8, 4) is 5.75 Å². The van der Waals surface area contributed by atoms with Gasteiger partial charge in [0, 0.05) is 39.3 Å². The first-order valence-corrected chi connectivity index (χ1v) is 9.90. The van der Waals surface area contributed by atoms with E-state index in [4.69, 9.17) is 13.9 Å². The van der Waals surface area contributed by atoms with E-state index in [1.165, 1.54) is 12.0 Å². The molecule has 1 amide bonds. The maximum atomic E-state index is 13.1. The molecule has 6 heteroatoms. The van der Waals surface area contributed by atoms with Gasteiger partial charge in [-0.1, -0.05) is 12.1 Å². The highest BCUT2D eigenvalue weighted by molar-refractivity contribution is 5.92. The smallest absolute Gasteiger partial charge is 0.289 e. The Morgan fingerprint density at radius 3 is 2.64 bits per heavy atom. The summed E-state index contributed by atoms with van der Waals surface area (Å²) in [4.78, 5) is 17.6. The fourth-order valence-corrected chi connectivity index (χ4v) is 4.40. The van der Waals surface area contributed by atoms with Gasteiger partial charge in [-0.3, -0.25) is 9.69 Å². The van der Waals surface area contributed by atoms with E-state index in [1.54, 1.807) is 20.3 Å². The topological polar surface area (TPSA) is 55.2 Å². The van der Waals surface area contributed by atoms with Gasteiger partial charge in [0.05, 0.1) is 7.11 Å². The number of ether oxygens (including phenoxy) is 2. The Bertz CT molecular complexity index is 801. The molecule has 2 aromatic rings. The highest BCUT2D eigenvalue weighted by Crippen LogP contribution is 2.30. The van der Waals surface area contributed by atoms with Crippen LogP contribution in [0.5, 0.6) is 5.75 Å². The number of nitrogens with zero attached hydrogens (tertiary/aromatic N) is 2. The summed E-state index contributed by atoms with van der Waals surface area (Å²) in [6.07, 6.45) is 2.24. The van der Waals surface area contributed by atoms with Crippen molar-refractivity contribution in [2.24, 2.45) is 5.92 Å². The molecular formula is C22H28N2O4. The molecule has 0 radical (unpaired) electrons. The van der Waals surface area contributed by atoms with Crippen molar-refractivity contribution in [3.63, 3.8) is 0 Å². The van der Waals surface area contributed by atoms with Crippen LogP contribution in [0.4, 0.5) is 0 Å². The Kier molecular flexibility index (Phi) is 5.69. The van der Waals surface area contributed by atoms with Crippen molar-refractivity contribution in [2.45, 2.75) is 32.0 Å². The summed E-state index contributed by atoms with van der Waals surface area (Å²) in [6.45, 7) is 4.02. The monoisotopic (exact) mass is 384 g/mol. The lowest BCUT2D eigenvalue weighted by atomic mass is 9.95. The molecule has 3 aliphatic rings. The van der Waals surface area contributed by atoms with Gasteiger partial charge in [-0.25, -0.2) is 0 Å². The van der Waals surface area contributed by atoms with Crippen LogP contribution >= 0.6 is 0 Å². The van der Waals surface area contributed by atoms with E-state index in [1.807, 2.05) is 23.1 Å².